The molecule has 27 heavy (non-hydrogen) atoms. The van der Waals surface area contributed by atoms with E-state index in [2.05, 4.69) is 44.6 Å². The number of aromatic nitrogens is 2. The van der Waals surface area contributed by atoms with Crippen molar-refractivity contribution in [1.29, 1.82) is 0 Å². The molecule has 0 saturated carbocycles. The first-order valence-corrected chi connectivity index (χ1v) is 10.1. The summed E-state index contributed by atoms with van der Waals surface area (Å²) in [6, 6.07) is 14.5. The van der Waals surface area contributed by atoms with E-state index < -0.39 is 0 Å². The Hall–Kier alpha value is -2.51. The van der Waals surface area contributed by atoms with Crippen LogP contribution in [0.3, 0.4) is 0 Å². The molecule has 0 radical (unpaired) electrons. The van der Waals surface area contributed by atoms with Crippen LogP contribution in [-0.4, -0.2) is 40.1 Å². The van der Waals surface area contributed by atoms with Crippen LogP contribution in [0.25, 0.3) is 10.7 Å². The summed E-state index contributed by atoms with van der Waals surface area (Å²) in [6.07, 6.45) is 1.81. The third kappa shape index (κ3) is 4.81. The third-order valence-electron chi connectivity index (χ3n) is 4.66. The SMILES string of the molecule is O=C(CCc1nc(-c2cccs2)no1)NC1CCN(Cc2ccccc2)C1. The lowest BCUT2D eigenvalue weighted by atomic mass is 10.2. The van der Waals surface area contributed by atoms with Gasteiger partial charge in [-0.3, -0.25) is 9.69 Å². The Bertz CT molecular complexity index is 863. The van der Waals surface area contributed by atoms with Gasteiger partial charge in [-0.1, -0.05) is 41.6 Å². The van der Waals surface area contributed by atoms with Gasteiger partial charge in [-0.15, -0.1) is 11.3 Å². The number of rotatable bonds is 7. The van der Waals surface area contributed by atoms with Crippen molar-refractivity contribution in [3.63, 3.8) is 0 Å². The van der Waals surface area contributed by atoms with Gasteiger partial charge >= 0.3 is 0 Å². The summed E-state index contributed by atoms with van der Waals surface area (Å²) in [4.78, 5) is 20.0. The molecule has 1 amide bonds. The second-order valence-electron chi connectivity index (χ2n) is 6.76. The van der Waals surface area contributed by atoms with E-state index in [1.165, 1.54) is 5.56 Å². The van der Waals surface area contributed by atoms with Gasteiger partial charge in [0.1, 0.15) is 0 Å². The average Bonchev–Trinajstić information content (AvgIpc) is 3.43. The van der Waals surface area contributed by atoms with Crippen LogP contribution in [0.1, 0.15) is 24.3 Å². The van der Waals surface area contributed by atoms with E-state index in [-0.39, 0.29) is 11.9 Å². The van der Waals surface area contributed by atoms with Crippen LogP contribution in [0.2, 0.25) is 0 Å². The highest BCUT2D eigenvalue weighted by molar-refractivity contribution is 7.13. The van der Waals surface area contributed by atoms with E-state index in [0.29, 0.717) is 24.6 Å². The van der Waals surface area contributed by atoms with Crippen LogP contribution in [0.15, 0.2) is 52.4 Å². The highest BCUT2D eigenvalue weighted by atomic mass is 32.1. The van der Waals surface area contributed by atoms with Crippen LogP contribution in [0.4, 0.5) is 0 Å². The van der Waals surface area contributed by atoms with E-state index in [0.717, 1.165) is 30.9 Å². The Labute approximate surface area is 162 Å². The van der Waals surface area contributed by atoms with Crippen molar-refractivity contribution in [1.82, 2.24) is 20.4 Å². The normalized spacial score (nSPS) is 17.3. The minimum Gasteiger partial charge on any atom is -0.352 e. The van der Waals surface area contributed by atoms with Crippen LogP contribution >= 0.6 is 11.3 Å². The van der Waals surface area contributed by atoms with Gasteiger partial charge in [-0.2, -0.15) is 4.98 Å². The topological polar surface area (TPSA) is 71.3 Å². The number of nitrogens with zero attached hydrogens (tertiary/aromatic N) is 3. The minimum absolute atomic E-state index is 0.0393. The number of hydrogen-bond donors (Lipinski definition) is 1. The number of nitrogens with one attached hydrogen (secondary N) is 1. The molecule has 3 aromatic rings. The van der Waals surface area contributed by atoms with Gasteiger partial charge in [-0.25, -0.2) is 0 Å². The predicted molar refractivity (Wildman–Crippen MR) is 104 cm³/mol. The van der Waals surface area contributed by atoms with Crippen molar-refractivity contribution in [2.75, 3.05) is 13.1 Å². The highest BCUT2D eigenvalue weighted by Crippen LogP contribution is 2.21. The van der Waals surface area contributed by atoms with Crippen LogP contribution in [-0.2, 0) is 17.8 Å². The van der Waals surface area contributed by atoms with Crippen molar-refractivity contribution in [2.45, 2.75) is 31.8 Å². The summed E-state index contributed by atoms with van der Waals surface area (Å²) in [7, 11) is 0. The summed E-state index contributed by atoms with van der Waals surface area (Å²) in [5.74, 6) is 1.14. The fourth-order valence-corrected chi connectivity index (χ4v) is 3.97. The molecule has 1 N–H and O–H groups in total. The zero-order valence-corrected chi connectivity index (χ0v) is 15.8. The predicted octanol–water partition coefficient (Wildman–Crippen LogP) is 3.12. The molecule has 0 aliphatic carbocycles. The molecule has 0 spiro atoms. The van der Waals surface area contributed by atoms with Crippen LogP contribution < -0.4 is 5.32 Å². The molecule has 4 rings (SSSR count). The van der Waals surface area contributed by atoms with Crippen molar-refractivity contribution in [2.24, 2.45) is 0 Å². The Morgan fingerprint density at radius 2 is 2.15 bits per heavy atom. The molecule has 1 atom stereocenters. The Morgan fingerprint density at radius 1 is 1.26 bits per heavy atom. The lowest BCUT2D eigenvalue weighted by Gasteiger charge is -2.16. The number of benzene rings is 1. The average molecular weight is 382 g/mol. The van der Waals surface area contributed by atoms with E-state index >= 15 is 0 Å². The van der Waals surface area contributed by atoms with Crippen LogP contribution in [0.5, 0.6) is 0 Å². The maximum atomic E-state index is 12.3. The number of aryl methyl sites for hydroxylation is 1. The Morgan fingerprint density at radius 3 is 2.96 bits per heavy atom. The van der Waals surface area contributed by atoms with E-state index in [1.807, 2.05) is 23.6 Å². The molecule has 2 aromatic heterocycles. The smallest absolute Gasteiger partial charge is 0.227 e. The molecule has 1 saturated heterocycles. The summed E-state index contributed by atoms with van der Waals surface area (Å²) in [5, 5.41) is 9.08. The van der Waals surface area contributed by atoms with Crippen molar-refractivity contribution < 1.29 is 9.32 Å². The van der Waals surface area contributed by atoms with Gasteiger partial charge in [0.05, 0.1) is 4.88 Å². The standard InChI is InChI=1S/C20H22N4O2S/c25-18(8-9-19-22-20(23-26-19)17-7-4-12-27-17)21-16-10-11-24(14-16)13-15-5-2-1-3-6-15/h1-7,12,16H,8-11,13-14H2,(H,21,25). The van der Waals surface area contributed by atoms with E-state index in [9.17, 15) is 4.79 Å². The number of carbonyl (C=O) groups is 1. The first kappa shape index (κ1) is 17.9. The quantitative estimate of drug-likeness (QED) is 0.680. The van der Waals surface area contributed by atoms with Gasteiger partial charge in [0, 0.05) is 38.5 Å². The number of amides is 1. The first-order chi connectivity index (χ1) is 13.3. The maximum absolute atomic E-state index is 12.3. The third-order valence-corrected chi connectivity index (χ3v) is 5.53. The second-order valence-corrected chi connectivity index (χ2v) is 7.71. The molecule has 6 nitrogen and oxygen atoms in total. The Kier molecular flexibility index (Phi) is 5.60. The fourth-order valence-electron chi connectivity index (χ4n) is 3.32. The minimum atomic E-state index is 0.0393. The largest absolute Gasteiger partial charge is 0.352 e. The van der Waals surface area contributed by atoms with E-state index in [1.54, 1.807) is 11.3 Å². The molecule has 0 bridgehead atoms. The summed E-state index contributed by atoms with van der Waals surface area (Å²) >= 11 is 1.57. The molecule has 1 aromatic carbocycles. The molecule has 1 fully saturated rings. The van der Waals surface area contributed by atoms with Crippen molar-refractivity contribution >= 4 is 17.2 Å². The molecule has 1 unspecified atom stereocenters. The van der Waals surface area contributed by atoms with Gasteiger partial charge in [-0.05, 0) is 23.4 Å². The van der Waals surface area contributed by atoms with Gasteiger partial charge in [0.2, 0.25) is 17.6 Å². The monoisotopic (exact) mass is 382 g/mol. The summed E-state index contributed by atoms with van der Waals surface area (Å²) in [6.45, 7) is 2.83. The molecule has 3 heterocycles. The van der Waals surface area contributed by atoms with Gasteiger partial charge in [0.25, 0.3) is 0 Å². The summed E-state index contributed by atoms with van der Waals surface area (Å²) < 4.78 is 5.25. The Balaban J connectivity index is 1.21. The maximum Gasteiger partial charge on any atom is 0.227 e. The lowest BCUT2D eigenvalue weighted by Crippen LogP contribution is -2.37. The zero-order valence-electron chi connectivity index (χ0n) is 15.0. The molecule has 1 aliphatic heterocycles. The lowest BCUT2D eigenvalue weighted by molar-refractivity contribution is -0.121. The molecule has 140 valence electrons. The highest BCUT2D eigenvalue weighted by Gasteiger charge is 2.24. The van der Waals surface area contributed by atoms with Crippen molar-refractivity contribution in [3.05, 3.63) is 59.3 Å². The second kappa shape index (κ2) is 8.45. The molecular weight excluding hydrogens is 360 g/mol. The number of carbonyl (C=O) groups excluding carboxylic acids is 1. The molecule has 7 heteroatoms. The first-order valence-electron chi connectivity index (χ1n) is 9.18. The zero-order chi connectivity index (χ0) is 18.5. The fraction of sp³-hybridized carbons (Fsp3) is 0.350. The van der Waals surface area contributed by atoms with Gasteiger partial charge in [0.15, 0.2) is 0 Å². The summed E-state index contributed by atoms with van der Waals surface area (Å²) in [5.41, 5.74) is 1.31. The molecule has 1 aliphatic rings. The van der Waals surface area contributed by atoms with E-state index in [4.69, 9.17) is 4.52 Å². The van der Waals surface area contributed by atoms with Crippen molar-refractivity contribution in [3.8, 4) is 10.7 Å². The molecular formula is C20H22N4O2S. The number of likely N-dealkylation sites (tertiary alicyclic amines) is 1. The number of thiophene rings is 1. The van der Waals surface area contributed by atoms with Gasteiger partial charge < -0.3 is 9.84 Å². The van der Waals surface area contributed by atoms with Crippen LogP contribution in [0, 0.1) is 0 Å². The number of hydrogen-bond acceptors (Lipinski definition) is 6.